The third-order valence-corrected chi connectivity index (χ3v) is 3.66. The van der Waals surface area contributed by atoms with E-state index in [1.807, 2.05) is 13.0 Å². The number of hydrogen-bond donors (Lipinski definition) is 2. The van der Waals surface area contributed by atoms with Crippen LogP contribution >= 0.6 is 11.6 Å². The fourth-order valence-corrected chi connectivity index (χ4v) is 2.40. The van der Waals surface area contributed by atoms with Crippen LogP contribution in [-0.2, 0) is 9.59 Å². The zero-order chi connectivity index (χ0) is 20.5. The molecule has 0 saturated carbocycles. The highest BCUT2D eigenvalue weighted by Crippen LogP contribution is 2.26. The van der Waals surface area contributed by atoms with Crippen LogP contribution in [0.25, 0.3) is 6.08 Å². The summed E-state index contributed by atoms with van der Waals surface area (Å²) in [5.74, 6) is -0.317. The van der Waals surface area contributed by atoms with E-state index in [-0.39, 0.29) is 17.9 Å². The Balaban J connectivity index is 2.22. The second-order valence-corrected chi connectivity index (χ2v) is 5.95. The first-order valence-electron chi connectivity index (χ1n) is 8.29. The predicted octanol–water partition coefficient (Wildman–Crippen LogP) is 3.15. The summed E-state index contributed by atoms with van der Waals surface area (Å²) >= 11 is 5.98. The van der Waals surface area contributed by atoms with Gasteiger partial charge in [0.25, 0.3) is 11.8 Å². The summed E-state index contributed by atoms with van der Waals surface area (Å²) in [6.45, 7) is 2.06. The molecule has 7 nitrogen and oxygen atoms in total. The van der Waals surface area contributed by atoms with Crippen LogP contribution in [0.3, 0.4) is 0 Å². The van der Waals surface area contributed by atoms with Crippen LogP contribution in [0.1, 0.15) is 12.5 Å². The molecule has 2 rings (SSSR count). The van der Waals surface area contributed by atoms with Gasteiger partial charge < -0.3 is 20.5 Å². The quantitative estimate of drug-likeness (QED) is 0.522. The second kappa shape index (κ2) is 10.00. The lowest BCUT2D eigenvalue weighted by Crippen LogP contribution is -2.20. The Kier molecular flexibility index (Phi) is 7.43. The molecule has 28 heavy (non-hydrogen) atoms. The summed E-state index contributed by atoms with van der Waals surface area (Å²) in [7, 11) is 0. The summed E-state index contributed by atoms with van der Waals surface area (Å²) in [4.78, 5) is 23.4. The number of carbonyl (C=O) groups excluding carboxylic acids is 2. The van der Waals surface area contributed by atoms with Crippen molar-refractivity contribution in [3.63, 3.8) is 0 Å². The number of carbonyl (C=O) groups is 2. The Hall–Kier alpha value is -3.50. The number of nitriles is 1. The van der Waals surface area contributed by atoms with Crippen molar-refractivity contribution in [2.45, 2.75) is 6.92 Å². The number of nitrogens with zero attached hydrogens (tertiary/aromatic N) is 1. The molecule has 0 fully saturated rings. The lowest BCUT2D eigenvalue weighted by Gasteiger charge is -2.09. The molecule has 0 aliphatic heterocycles. The average Bonchev–Trinajstić information content (AvgIpc) is 2.67. The molecule has 8 heteroatoms. The predicted molar refractivity (Wildman–Crippen MR) is 106 cm³/mol. The molecule has 2 amide bonds. The van der Waals surface area contributed by atoms with Gasteiger partial charge in [0.1, 0.15) is 23.1 Å². The first-order chi connectivity index (χ1) is 13.4. The lowest BCUT2D eigenvalue weighted by atomic mass is 10.1. The van der Waals surface area contributed by atoms with E-state index in [4.69, 9.17) is 26.8 Å². The van der Waals surface area contributed by atoms with Gasteiger partial charge in [-0.15, -0.1) is 0 Å². The molecule has 0 radical (unpaired) electrons. The fourth-order valence-electron chi connectivity index (χ4n) is 2.22. The summed E-state index contributed by atoms with van der Waals surface area (Å²) in [6, 6.07) is 13.2. The Bertz CT molecular complexity index is 933. The third kappa shape index (κ3) is 6.04. The van der Waals surface area contributed by atoms with Crippen molar-refractivity contribution in [2.24, 2.45) is 5.73 Å². The minimum Gasteiger partial charge on any atom is -0.494 e. The van der Waals surface area contributed by atoms with Gasteiger partial charge in [-0.25, -0.2) is 0 Å². The molecule has 0 unspecified atom stereocenters. The van der Waals surface area contributed by atoms with Gasteiger partial charge in [-0.2, -0.15) is 5.26 Å². The van der Waals surface area contributed by atoms with E-state index in [2.05, 4.69) is 5.32 Å². The number of halogens is 1. The Labute approximate surface area is 167 Å². The van der Waals surface area contributed by atoms with Gasteiger partial charge in [0.15, 0.2) is 6.61 Å². The molecule has 2 aromatic rings. The number of amides is 2. The molecule has 0 spiro atoms. The second-order valence-electron chi connectivity index (χ2n) is 5.52. The van der Waals surface area contributed by atoms with Crippen LogP contribution in [0.4, 0.5) is 5.69 Å². The fraction of sp³-hybridized carbons (Fsp3) is 0.150. The maximum absolute atomic E-state index is 12.4. The van der Waals surface area contributed by atoms with E-state index in [9.17, 15) is 14.9 Å². The molecule has 144 valence electrons. The molecular formula is C20H18ClN3O4. The number of primary amides is 1. The largest absolute Gasteiger partial charge is 0.494 e. The van der Waals surface area contributed by atoms with E-state index >= 15 is 0 Å². The first-order valence-corrected chi connectivity index (χ1v) is 8.67. The topological polar surface area (TPSA) is 114 Å². The molecule has 0 aromatic heterocycles. The Morgan fingerprint density at radius 2 is 1.93 bits per heavy atom. The van der Waals surface area contributed by atoms with Crippen molar-refractivity contribution in [1.29, 1.82) is 5.26 Å². The summed E-state index contributed by atoms with van der Waals surface area (Å²) in [6.07, 6.45) is 1.33. The molecular weight excluding hydrogens is 382 g/mol. The smallest absolute Gasteiger partial charge is 0.266 e. The van der Waals surface area contributed by atoms with Crippen LogP contribution < -0.4 is 20.5 Å². The van der Waals surface area contributed by atoms with Crippen molar-refractivity contribution in [3.05, 3.63) is 58.6 Å². The Morgan fingerprint density at radius 3 is 2.54 bits per heavy atom. The minimum atomic E-state index is -0.654. The zero-order valence-corrected chi connectivity index (χ0v) is 15.8. The van der Waals surface area contributed by atoms with Crippen molar-refractivity contribution in [1.82, 2.24) is 0 Å². The van der Waals surface area contributed by atoms with E-state index < -0.39 is 11.8 Å². The molecule has 0 aliphatic carbocycles. The van der Waals surface area contributed by atoms with Gasteiger partial charge in [0.05, 0.1) is 6.61 Å². The van der Waals surface area contributed by atoms with Crippen molar-refractivity contribution < 1.29 is 19.1 Å². The monoisotopic (exact) mass is 399 g/mol. The maximum Gasteiger partial charge on any atom is 0.266 e. The normalized spacial score (nSPS) is 10.7. The SMILES string of the molecule is CCOc1ccc(NC(=O)/C(C#N)=C/c2cc(Cl)ccc2OCC(N)=O)cc1. The van der Waals surface area contributed by atoms with E-state index in [1.54, 1.807) is 30.3 Å². The number of benzene rings is 2. The third-order valence-electron chi connectivity index (χ3n) is 3.43. The van der Waals surface area contributed by atoms with Crippen LogP contribution in [0.5, 0.6) is 11.5 Å². The highest BCUT2D eigenvalue weighted by atomic mass is 35.5. The minimum absolute atomic E-state index is 0.167. The average molecular weight is 400 g/mol. The first kappa shape index (κ1) is 20.8. The van der Waals surface area contributed by atoms with Crippen molar-refractivity contribution in [3.8, 4) is 17.6 Å². The van der Waals surface area contributed by atoms with Gasteiger partial charge in [0.2, 0.25) is 0 Å². The van der Waals surface area contributed by atoms with Gasteiger partial charge in [-0.3, -0.25) is 9.59 Å². The number of nitrogens with one attached hydrogen (secondary N) is 1. The van der Waals surface area contributed by atoms with Crippen molar-refractivity contribution >= 4 is 35.2 Å². The van der Waals surface area contributed by atoms with Gasteiger partial charge in [-0.1, -0.05) is 11.6 Å². The number of ether oxygens (including phenoxy) is 2. The molecule has 0 atom stereocenters. The van der Waals surface area contributed by atoms with Crippen LogP contribution in [0.15, 0.2) is 48.0 Å². The van der Waals surface area contributed by atoms with Crippen molar-refractivity contribution in [2.75, 3.05) is 18.5 Å². The van der Waals surface area contributed by atoms with Gasteiger partial charge >= 0.3 is 0 Å². The Morgan fingerprint density at radius 1 is 1.21 bits per heavy atom. The highest BCUT2D eigenvalue weighted by Gasteiger charge is 2.12. The van der Waals surface area contributed by atoms with Crippen LogP contribution in [0, 0.1) is 11.3 Å². The molecule has 0 bridgehead atoms. The molecule has 3 N–H and O–H groups in total. The highest BCUT2D eigenvalue weighted by molar-refractivity contribution is 6.30. The van der Waals surface area contributed by atoms with Crippen LogP contribution in [0.2, 0.25) is 5.02 Å². The van der Waals surface area contributed by atoms with E-state index in [0.717, 1.165) is 0 Å². The number of nitrogens with two attached hydrogens (primary N) is 1. The van der Waals surface area contributed by atoms with E-state index in [1.165, 1.54) is 18.2 Å². The molecule has 2 aromatic carbocycles. The summed E-state index contributed by atoms with van der Waals surface area (Å²) < 4.78 is 10.6. The maximum atomic E-state index is 12.4. The molecule has 0 heterocycles. The standard InChI is InChI=1S/C20H18ClN3O4/c1-2-27-17-6-4-16(5-7-17)24-20(26)14(11-22)9-13-10-15(21)3-8-18(13)28-12-19(23)25/h3-10H,2,12H2,1H3,(H2,23,25)(H,24,26)/b14-9+. The van der Waals surface area contributed by atoms with Gasteiger partial charge in [-0.05, 0) is 55.5 Å². The van der Waals surface area contributed by atoms with Crippen LogP contribution in [-0.4, -0.2) is 25.0 Å². The van der Waals surface area contributed by atoms with E-state index in [0.29, 0.717) is 28.6 Å². The molecule has 0 aliphatic rings. The summed E-state index contributed by atoms with van der Waals surface area (Å²) in [5, 5.41) is 12.4. The number of hydrogen-bond acceptors (Lipinski definition) is 5. The lowest BCUT2D eigenvalue weighted by molar-refractivity contribution is -0.120. The molecule has 0 saturated heterocycles. The summed E-state index contributed by atoms with van der Waals surface area (Å²) in [5.41, 5.74) is 5.79. The zero-order valence-electron chi connectivity index (χ0n) is 15.1. The number of anilines is 1. The van der Waals surface area contributed by atoms with Gasteiger partial charge in [0, 0.05) is 16.3 Å². The number of rotatable bonds is 8.